The average Bonchev–Trinajstić information content (AvgIpc) is 2.79. The molecule has 0 bridgehead atoms. The van der Waals surface area contributed by atoms with Crippen LogP contribution in [0.3, 0.4) is 0 Å². The van der Waals surface area contributed by atoms with Gasteiger partial charge in [0.15, 0.2) is 0 Å². The van der Waals surface area contributed by atoms with Crippen molar-refractivity contribution in [2.24, 2.45) is 0 Å². The zero-order chi connectivity index (χ0) is 21.4. The van der Waals surface area contributed by atoms with E-state index in [0.29, 0.717) is 30.8 Å². The maximum Gasteiger partial charge on any atom is 0.323 e. The van der Waals surface area contributed by atoms with Gasteiger partial charge < -0.3 is 15.1 Å². The summed E-state index contributed by atoms with van der Waals surface area (Å²) in [7, 11) is 0. The number of carbonyl (C=O) groups is 3. The van der Waals surface area contributed by atoms with E-state index in [4.69, 9.17) is 0 Å². The minimum Gasteiger partial charge on any atom is -0.480 e. The lowest BCUT2D eigenvalue weighted by atomic mass is 10.0. The number of thioether (sulfide) groups is 1. The first-order valence-corrected chi connectivity index (χ1v) is 11.3. The van der Waals surface area contributed by atoms with E-state index in [-0.39, 0.29) is 17.2 Å². The first-order valence-electron chi connectivity index (χ1n) is 9.58. The molecule has 1 aromatic carbocycles. The van der Waals surface area contributed by atoms with E-state index in [2.05, 4.69) is 17.9 Å². The predicted molar refractivity (Wildman–Crippen MR) is 117 cm³/mol. The van der Waals surface area contributed by atoms with Crippen LogP contribution in [0.5, 0.6) is 0 Å². The molecule has 4 atom stereocenters. The van der Waals surface area contributed by atoms with E-state index in [0.717, 1.165) is 5.56 Å². The van der Waals surface area contributed by atoms with E-state index in [9.17, 15) is 24.6 Å². The van der Waals surface area contributed by atoms with Gasteiger partial charge in [-0.1, -0.05) is 37.3 Å². The first-order chi connectivity index (χ1) is 13.8. The summed E-state index contributed by atoms with van der Waals surface area (Å²) in [4.78, 5) is 37.5. The van der Waals surface area contributed by atoms with E-state index >= 15 is 0 Å². The Labute approximate surface area is 180 Å². The molecule has 0 aromatic heterocycles. The molecule has 1 amide bonds. The van der Waals surface area contributed by atoms with Crippen LogP contribution in [0.2, 0.25) is 0 Å². The van der Waals surface area contributed by atoms with Gasteiger partial charge in [0.1, 0.15) is 12.6 Å². The second-order valence-electron chi connectivity index (χ2n) is 7.27. The fraction of sp³-hybridized carbons (Fsp3) is 0.550. The molecule has 1 aliphatic rings. The Bertz CT molecular complexity index is 701. The highest BCUT2D eigenvalue weighted by Gasteiger charge is 2.36. The van der Waals surface area contributed by atoms with Crippen molar-refractivity contribution in [3.05, 3.63) is 35.9 Å². The fourth-order valence-corrected chi connectivity index (χ4v) is 4.84. The van der Waals surface area contributed by atoms with Crippen molar-refractivity contribution >= 4 is 42.2 Å². The number of carbonyl (C=O) groups excluding carboxylic acids is 1. The summed E-state index contributed by atoms with van der Waals surface area (Å²) in [6.45, 7) is 1.51. The molecular formula is C20H28N2O5S2. The van der Waals surface area contributed by atoms with Crippen LogP contribution >= 0.6 is 24.4 Å². The van der Waals surface area contributed by atoms with Gasteiger partial charge >= 0.3 is 11.9 Å². The highest BCUT2D eigenvalue weighted by atomic mass is 32.2. The topological polar surface area (TPSA) is 107 Å². The number of hydrogen-bond acceptors (Lipinski definition) is 6. The Morgan fingerprint density at radius 3 is 2.55 bits per heavy atom. The van der Waals surface area contributed by atoms with E-state index < -0.39 is 30.6 Å². The number of nitrogens with one attached hydrogen (secondary N) is 1. The van der Waals surface area contributed by atoms with E-state index in [1.165, 1.54) is 16.7 Å². The predicted octanol–water partition coefficient (Wildman–Crippen LogP) is 1.77. The van der Waals surface area contributed by atoms with Gasteiger partial charge in [0.2, 0.25) is 5.91 Å². The molecular weight excluding hydrogens is 412 g/mol. The molecule has 0 spiro atoms. The van der Waals surface area contributed by atoms with Gasteiger partial charge in [-0.05, 0) is 24.8 Å². The van der Waals surface area contributed by atoms with Gasteiger partial charge in [-0.2, -0.15) is 24.4 Å². The van der Waals surface area contributed by atoms with Crippen molar-refractivity contribution in [2.45, 2.75) is 49.6 Å². The second-order valence-corrected chi connectivity index (χ2v) is 9.23. The van der Waals surface area contributed by atoms with Gasteiger partial charge in [0.05, 0.1) is 6.04 Å². The number of amides is 1. The second kappa shape index (κ2) is 11.5. The van der Waals surface area contributed by atoms with Crippen LogP contribution < -0.4 is 5.32 Å². The highest BCUT2D eigenvalue weighted by Crippen LogP contribution is 2.23. The summed E-state index contributed by atoms with van der Waals surface area (Å²) in [5.41, 5.74) is 1.03. The van der Waals surface area contributed by atoms with Crippen molar-refractivity contribution in [1.29, 1.82) is 0 Å². The summed E-state index contributed by atoms with van der Waals surface area (Å²) in [6, 6.07) is 7.69. The van der Waals surface area contributed by atoms with Gasteiger partial charge in [-0.25, -0.2) is 0 Å². The molecule has 1 aromatic rings. The van der Waals surface area contributed by atoms with E-state index in [1.807, 2.05) is 37.3 Å². The maximum atomic E-state index is 13.1. The largest absolute Gasteiger partial charge is 0.480 e. The first kappa shape index (κ1) is 23.6. The fourth-order valence-electron chi connectivity index (χ4n) is 3.40. The molecule has 1 fully saturated rings. The monoisotopic (exact) mass is 440 g/mol. The van der Waals surface area contributed by atoms with Crippen molar-refractivity contribution in [3.63, 3.8) is 0 Å². The number of hydrogen-bond donors (Lipinski definition) is 4. The Morgan fingerprint density at radius 1 is 1.28 bits per heavy atom. The quantitative estimate of drug-likeness (QED) is 0.411. The lowest BCUT2D eigenvalue weighted by Gasteiger charge is -2.31. The molecule has 1 saturated heterocycles. The molecule has 29 heavy (non-hydrogen) atoms. The zero-order valence-corrected chi connectivity index (χ0v) is 18.1. The molecule has 9 heteroatoms. The minimum atomic E-state index is -1.08. The lowest BCUT2D eigenvalue weighted by Crippen LogP contribution is -2.55. The summed E-state index contributed by atoms with van der Waals surface area (Å²) >= 11 is 5.92. The van der Waals surface area contributed by atoms with Crippen LogP contribution in [-0.2, 0) is 20.8 Å². The molecule has 1 aliphatic heterocycles. The summed E-state index contributed by atoms with van der Waals surface area (Å²) in [6.07, 6.45) is 1.49. The number of nitrogens with zero attached hydrogens (tertiary/aromatic N) is 1. The Balaban J connectivity index is 2.10. The van der Waals surface area contributed by atoms with Crippen LogP contribution in [-0.4, -0.2) is 74.4 Å². The Kier molecular flexibility index (Phi) is 9.32. The number of thiol groups is 1. The molecule has 2 rings (SSSR count). The highest BCUT2D eigenvalue weighted by molar-refractivity contribution is 7.99. The smallest absolute Gasteiger partial charge is 0.323 e. The summed E-state index contributed by atoms with van der Waals surface area (Å²) in [5, 5.41) is 21.9. The van der Waals surface area contributed by atoms with Crippen LogP contribution in [0.25, 0.3) is 0 Å². The molecule has 0 saturated carbocycles. The lowest BCUT2D eigenvalue weighted by molar-refractivity contribution is -0.147. The Morgan fingerprint density at radius 2 is 1.97 bits per heavy atom. The molecule has 160 valence electrons. The summed E-state index contributed by atoms with van der Waals surface area (Å²) < 4.78 is 0. The SMILES string of the molecule is CC(S)CC1CSCC(NC(CCc2ccccc2)C(=O)O)C(=O)N1CC(=O)O. The van der Waals surface area contributed by atoms with E-state index in [1.54, 1.807) is 0 Å². The van der Waals surface area contributed by atoms with Crippen LogP contribution in [0, 0.1) is 0 Å². The Hall–Kier alpha value is -1.71. The number of rotatable bonds is 10. The number of benzene rings is 1. The molecule has 0 radical (unpaired) electrons. The number of aryl methyl sites for hydroxylation is 1. The molecule has 3 N–H and O–H groups in total. The van der Waals surface area contributed by atoms with Gasteiger partial charge in [0, 0.05) is 22.8 Å². The van der Waals surface area contributed by atoms with Crippen molar-refractivity contribution in [1.82, 2.24) is 10.2 Å². The van der Waals surface area contributed by atoms with Crippen molar-refractivity contribution in [2.75, 3.05) is 18.1 Å². The maximum absolute atomic E-state index is 13.1. The number of carboxylic acid groups (broad SMARTS) is 2. The van der Waals surface area contributed by atoms with Crippen LogP contribution in [0.15, 0.2) is 30.3 Å². The molecule has 1 heterocycles. The number of aliphatic carboxylic acids is 2. The van der Waals surface area contributed by atoms with Crippen molar-refractivity contribution < 1.29 is 24.6 Å². The minimum absolute atomic E-state index is 0.0202. The number of carboxylic acids is 2. The molecule has 4 unspecified atom stereocenters. The van der Waals surface area contributed by atoms with Gasteiger partial charge in [0.25, 0.3) is 0 Å². The standard InChI is InChI=1S/C20H28N2O5S2/c1-13(28)9-15-11-29-12-17(19(25)22(15)10-18(23)24)21-16(20(26)27)8-7-14-5-3-2-4-6-14/h2-6,13,15-17,21,28H,7-12H2,1H3,(H,23,24)(H,26,27). The third-order valence-corrected chi connectivity index (χ3v) is 6.20. The zero-order valence-electron chi connectivity index (χ0n) is 16.4. The normalized spacial score (nSPS) is 22.0. The van der Waals surface area contributed by atoms with Gasteiger partial charge in [-0.15, -0.1) is 0 Å². The molecule has 7 nitrogen and oxygen atoms in total. The van der Waals surface area contributed by atoms with Gasteiger partial charge in [-0.3, -0.25) is 19.7 Å². The molecule has 0 aliphatic carbocycles. The average molecular weight is 441 g/mol. The summed E-state index contributed by atoms with van der Waals surface area (Å²) in [5.74, 6) is -1.46. The van der Waals surface area contributed by atoms with Crippen molar-refractivity contribution in [3.8, 4) is 0 Å². The third kappa shape index (κ3) is 7.56. The van der Waals surface area contributed by atoms with Crippen LogP contribution in [0.1, 0.15) is 25.3 Å². The van der Waals surface area contributed by atoms with Crippen LogP contribution in [0.4, 0.5) is 0 Å². The third-order valence-electron chi connectivity index (χ3n) is 4.80.